The average molecular weight is 309 g/mol. The Morgan fingerprint density at radius 1 is 1.38 bits per heavy atom. The van der Waals surface area contributed by atoms with Gasteiger partial charge < -0.3 is 5.11 Å². The zero-order valence-electron chi connectivity index (χ0n) is 8.56. The summed E-state index contributed by atoms with van der Waals surface area (Å²) in [5.74, 6) is 0.290. The van der Waals surface area contributed by atoms with Crippen LogP contribution in [0.2, 0.25) is 0 Å². The van der Waals surface area contributed by atoms with Crippen molar-refractivity contribution in [2.75, 3.05) is 17.1 Å². The largest absolute Gasteiger partial charge is 0.396 e. The lowest BCUT2D eigenvalue weighted by Gasteiger charge is -2.06. The van der Waals surface area contributed by atoms with Crippen LogP contribution in [0, 0.1) is 0 Å². The van der Waals surface area contributed by atoms with Gasteiger partial charge in [-0.25, -0.2) is 13.4 Å². The molecule has 1 heterocycles. The van der Waals surface area contributed by atoms with Crippen LogP contribution in [0.1, 0.15) is 12.8 Å². The number of pyridine rings is 1. The van der Waals surface area contributed by atoms with Crippen molar-refractivity contribution in [1.29, 1.82) is 0 Å². The maximum absolute atomic E-state index is 11.5. The summed E-state index contributed by atoms with van der Waals surface area (Å²) in [5.41, 5.74) is 0. The second kappa shape index (κ2) is 6.17. The normalized spacial score (nSPS) is 11.4. The number of aromatic nitrogens is 1. The third kappa shape index (κ3) is 4.91. The predicted octanol–water partition coefficient (Wildman–Crippen LogP) is 1.36. The fraction of sp³-hybridized carbons (Fsp3) is 0.444. The zero-order valence-corrected chi connectivity index (χ0v) is 11.0. The molecular weight excluding hydrogens is 296 g/mol. The number of nitrogens with zero attached hydrogens (tertiary/aromatic N) is 1. The zero-order chi connectivity index (χ0) is 12.0. The van der Waals surface area contributed by atoms with E-state index in [2.05, 4.69) is 25.6 Å². The first kappa shape index (κ1) is 13.4. The van der Waals surface area contributed by atoms with Gasteiger partial charge in [-0.2, -0.15) is 0 Å². The number of sulfonamides is 1. The SMILES string of the molecule is O=S(=O)(CCCCO)Nc1ccc(Br)cn1. The predicted molar refractivity (Wildman–Crippen MR) is 65.7 cm³/mol. The summed E-state index contributed by atoms with van der Waals surface area (Å²) in [4.78, 5) is 3.91. The van der Waals surface area contributed by atoms with Crippen LogP contribution < -0.4 is 4.72 Å². The highest BCUT2D eigenvalue weighted by molar-refractivity contribution is 9.10. The van der Waals surface area contributed by atoms with Crippen molar-refractivity contribution in [2.45, 2.75) is 12.8 Å². The second-order valence-corrected chi connectivity index (χ2v) is 5.97. The third-order valence-corrected chi connectivity index (χ3v) is 3.62. The van der Waals surface area contributed by atoms with Gasteiger partial charge in [0.25, 0.3) is 0 Å². The number of nitrogens with one attached hydrogen (secondary N) is 1. The Kier molecular flexibility index (Phi) is 5.17. The van der Waals surface area contributed by atoms with Gasteiger partial charge in [0.1, 0.15) is 5.82 Å². The molecular formula is C9H13BrN2O3S. The van der Waals surface area contributed by atoms with Crippen molar-refractivity contribution in [1.82, 2.24) is 4.98 Å². The van der Waals surface area contributed by atoms with Gasteiger partial charge in [0.05, 0.1) is 5.75 Å². The van der Waals surface area contributed by atoms with E-state index in [9.17, 15) is 8.42 Å². The smallest absolute Gasteiger partial charge is 0.233 e. The van der Waals surface area contributed by atoms with E-state index in [1.807, 2.05) is 0 Å². The third-order valence-electron chi connectivity index (χ3n) is 1.81. The van der Waals surface area contributed by atoms with Crippen LogP contribution in [0.4, 0.5) is 5.82 Å². The molecule has 0 unspecified atom stereocenters. The molecule has 0 aliphatic rings. The van der Waals surface area contributed by atoms with E-state index in [0.29, 0.717) is 18.7 Å². The summed E-state index contributed by atoms with van der Waals surface area (Å²) in [6, 6.07) is 3.28. The molecule has 1 rings (SSSR count). The quantitative estimate of drug-likeness (QED) is 0.778. The summed E-state index contributed by atoms with van der Waals surface area (Å²) < 4.78 is 26.2. The van der Waals surface area contributed by atoms with Crippen LogP contribution in [0.3, 0.4) is 0 Å². The first-order valence-corrected chi connectivity index (χ1v) is 7.21. The molecule has 0 bridgehead atoms. The molecule has 0 spiro atoms. The summed E-state index contributed by atoms with van der Waals surface area (Å²) in [7, 11) is -3.36. The van der Waals surface area contributed by atoms with Crippen molar-refractivity contribution in [3.05, 3.63) is 22.8 Å². The number of anilines is 1. The molecule has 0 fully saturated rings. The molecule has 0 aliphatic carbocycles. The molecule has 2 N–H and O–H groups in total. The van der Waals surface area contributed by atoms with E-state index in [0.717, 1.165) is 4.47 Å². The topological polar surface area (TPSA) is 79.3 Å². The highest BCUT2D eigenvalue weighted by atomic mass is 79.9. The maximum atomic E-state index is 11.5. The molecule has 0 saturated heterocycles. The van der Waals surface area contributed by atoms with Gasteiger partial charge in [0, 0.05) is 17.3 Å². The van der Waals surface area contributed by atoms with E-state index in [4.69, 9.17) is 5.11 Å². The van der Waals surface area contributed by atoms with E-state index in [-0.39, 0.29) is 12.4 Å². The first-order chi connectivity index (χ1) is 7.53. The number of halogens is 1. The Morgan fingerprint density at radius 3 is 2.69 bits per heavy atom. The lowest BCUT2D eigenvalue weighted by molar-refractivity contribution is 0.287. The molecule has 5 nitrogen and oxygen atoms in total. The van der Waals surface area contributed by atoms with Crippen LogP contribution in [-0.2, 0) is 10.0 Å². The van der Waals surface area contributed by atoms with Gasteiger partial charge in [-0.05, 0) is 40.9 Å². The molecule has 0 amide bonds. The molecule has 1 aromatic rings. The van der Waals surface area contributed by atoms with E-state index in [1.165, 1.54) is 6.20 Å². The van der Waals surface area contributed by atoms with Gasteiger partial charge in [0.2, 0.25) is 10.0 Å². The molecule has 0 atom stereocenters. The van der Waals surface area contributed by atoms with Crippen LogP contribution in [-0.4, -0.2) is 30.9 Å². The summed E-state index contributed by atoms with van der Waals surface area (Å²) in [6.45, 7) is 0.00601. The highest BCUT2D eigenvalue weighted by Crippen LogP contribution is 2.12. The van der Waals surface area contributed by atoms with E-state index >= 15 is 0 Å². The van der Waals surface area contributed by atoms with Gasteiger partial charge in [-0.1, -0.05) is 0 Å². The van der Waals surface area contributed by atoms with Crippen LogP contribution in [0.25, 0.3) is 0 Å². The Balaban J connectivity index is 2.55. The van der Waals surface area contributed by atoms with E-state index < -0.39 is 10.0 Å². The number of hydrogen-bond donors (Lipinski definition) is 2. The van der Waals surface area contributed by atoms with Crippen molar-refractivity contribution in [3.63, 3.8) is 0 Å². The van der Waals surface area contributed by atoms with Crippen molar-refractivity contribution >= 4 is 31.8 Å². The summed E-state index contributed by atoms with van der Waals surface area (Å²) in [6.07, 6.45) is 2.43. The van der Waals surface area contributed by atoms with E-state index in [1.54, 1.807) is 12.1 Å². The van der Waals surface area contributed by atoms with Crippen LogP contribution >= 0.6 is 15.9 Å². The standard InChI is InChI=1S/C9H13BrN2O3S/c10-8-3-4-9(11-7-8)12-16(14,15)6-2-1-5-13/h3-4,7,13H,1-2,5-6H2,(H,11,12). The maximum Gasteiger partial charge on any atom is 0.233 e. The number of aliphatic hydroxyl groups is 1. The Morgan fingerprint density at radius 2 is 2.12 bits per heavy atom. The van der Waals surface area contributed by atoms with Gasteiger partial charge >= 0.3 is 0 Å². The number of rotatable bonds is 6. The number of hydrogen-bond acceptors (Lipinski definition) is 4. The molecule has 16 heavy (non-hydrogen) atoms. The van der Waals surface area contributed by atoms with Gasteiger partial charge in [0.15, 0.2) is 0 Å². The van der Waals surface area contributed by atoms with Crippen LogP contribution in [0.5, 0.6) is 0 Å². The van der Waals surface area contributed by atoms with Gasteiger partial charge in [-0.3, -0.25) is 4.72 Å². The fourth-order valence-electron chi connectivity index (χ4n) is 1.05. The van der Waals surface area contributed by atoms with Gasteiger partial charge in [-0.15, -0.1) is 0 Å². The summed E-state index contributed by atoms with van der Waals surface area (Å²) >= 11 is 3.21. The Bertz CT molecular complexity index is 419. The minimum Gasteiger partial charge on any atom is -0.396 e. The Labute approximate surface area is 103 Å². The minimum atomic E-state index is -3.36. The van der Waals surface area contributed by atoms with Crippen molar-refractivity contribution in [2.24, 2.45) is 0 Å². The highest BCUT2D eigenvalue weighted by Gasteiger charge is 2.10. The number of unbranched alkanes of at least 4 members (excludes halogenated alkanes) is 1. The molecule has 0 aliphatic heterocycles. The molecule has 7 heteroatoms. The first-order valence-electron chi connectivity index (χ1n) is 4.76. The molecule has 0 aromatic carbocycles. The number of aliphatic hydroxyl groups excluding tert-OH is 1. The fourth-order valence-corrected chi connectivity index (χ4v) is 2.41. The molecule has 1 aromatic heterocycles. The molecule has 0 radical (unpaired) electrons. The van der Waals surface area contributed by atoms with Crippen molar-refractivity contribution < 1.29 is 13.5 Å². The second-order valence-electron chi connectivity index (χ2n) is 3.21. The average Bonchev–Trinajstić information content (AvgIpc) is 2.21. The lowest BCUT2D eigenvalue weighted by Crippen LogP contribution is -2.17. The van der Waals surface area contributed by atoms with Crippen LogP contribution in [0.15, 0.2) is 22.8 Å². The molecule has 90 valence electrons. The Hall–Kier alpha value is -0.660. The minimum absolute atomic E-state index is 0.00601. The lowest BCUT2D eigenvalue weighted by atomic mass is 10.4. The summed E-state index contributed by atoms with van der Waals surface area (Å²) in [5, 5.41) is 8.55. The molecule has 0 saturated carbocycles. The monoisotopic (exact) mass is 308 g/mol. The van der Waals surface area contributed by atoms with Crippen molar-refractivity contribution in [3.8, 4) is 0 Å².